The molecule has 0 saturated heterocycles. The van der Waals surface area contributed by atoms with Crippen LogP contribution in [0.2, 0.25) is 5.02 Å². The molecular weight excluding hydrogens is 260 g/mol. The lowest BCUT2D eigenvalue weighted by molar-refractivity contribution is 0.475. The molecule has 2 aromatic rings. The SMILES string of the molecule is Oc1ccc(C2=NNC(c3ccccc3Cl)C2)cc1. The number of rotatable bonds is 2. The van der Waals surface area contributed by atoms with Crippen molar-refractivity contribution >= 4 is 17.3 Å². The Bertz CT molecular complexity index is 622. The van der Waals surface area contributed by atoms with Gasteiger partial charge in [-0.3, -0.25) is 0 Å². The van der Waals surface area contributed by atoms with E-state index in [1.54, 1.807) is 12.1 Å². The Morgan fingerprint density at radius 3 is 2.58 bits per heavy atom. The third kappa shape index (κ3) is 2.42. The topological polar surface area (TPSA) is 44.6 Å². The van der Waals surface area contributed by atoms with Crippen molar-refractivity contribution in [3.63, 3.8) is 0 Å². The van der Waals surface area contributed by atoms with Crippen molar-refractivity contribution < 1.29 is 5.11 Å². The molecule has 3 nitrogen and oxygen atoms in total. The minimum atomic E-state index is 0.109. The van der Waals surface area contributed by atoms with Gasteiger partial charge in [-0.25, -0.2) is 0 Å². The molecule has 1 aliphatic rings. The van der Waals surface area contributed by atoms with Gasteiger partial charge >= 0.3 is 0 Å². The quantitative estimate of drug-likeness (QED) is 0.879. The third-order valence-corrected chi connectivity index (χ3v) is 3.58. The monoisotopic (exact) mass is 272 g/mol. The van der Waals surface area contributed by atoms with Crippen molar-refractivity contribution in [1.82, 2.24) is 5.43 Å². The van der Waals surface area contributed by atoms with Crippen LogP contribution in [0.1, 0.15) is 23.6 Å². The van der Waals surface area contributed by atoms with E-state index < -0.39 is 0 Å². The molecule has 0 aromatic heterocycles. The van der Waals surface area contributed by atoms with Gasteiger partial charge in [-0.05, 0) is 41.5 Å². The summed E-state index contributed by atoms with van der Waals surface area (Å²) in [6, 6.07) is 15.0. The second kappa shape index (κ2) is 4.94. The molecule has 0 aliphatic carbocycles. The van der Waals surface area contributed by atoms with Crippen molar-refractivity contribution in [2.24, 2.45) is 5.10 Å². The third-order valence-electron chi connectivity index (χ3n) is 3.23. The Hall–Kier alpha value is -2.00. The molecule has 1 atom stereocenters. The van der Waals surface area contributed by atoms with E-state index in [1.165, 1.54) is 0 Å². The minimum absolute atomic E-state index is 0.109. The van der Waals surface area contributed by atoms with Crippen LogP contribution in [-0.2, 0) is 0 Å². The highest BCUT2D eigenvalue weighted by molar-refractivity contribution is 6.31. The number of benzene rings is 2. The van der Waals surface area contributed by atoms with Gasteiger partial charge in [0.1, 0.15) is 5.75 Å². The fourth-order valence-electron chi connectivity index (χ4n) is 2.21. The summed E-state index contributed by atoms with van der Waals surface area (Å²) in [6.07, 6.45) is 0.786. The van der Waals surface area contributed by atoms with Gasteiger partial charge in [0, 0.05) is 11.4 Å². The average molecular weight is 273 g/mol. The second-order valence-electron chi connectivity index (χ2n) is 4.51. The summed E-state index contributed by atoms with van der Waals surface area (Å²) in [5.74, 6) is 0.262. The summed E-state index contributed by atoms with van der Waals surface area (Å²) >= 11 is 6.19. The first-order valence-corrected chi connectivity index (χ1v) is 6.48. The molecule has 0 saturated carbocycles. The number of halogens is 1. The number of phenolic OH excluding ortho intramolecular Hbond substituents is 1. The van der Waals surface area contributed by atoms with Crippen molar-refractivity contribution in [3.8, 4) is 5.75 Å². The van der Waals surface area contributed by atoms with E-state index >= 15 is 0 Å². The Kier molecular flexibility index (Phi) is 3.13. The Morgan fingerprint density at radius 1 is 1.11 bits per heavy atom. The number of nitrogens with zero attached hydrogens (tertiary/aromatic N) is 1. The van der Waals surface area contributed by atoms with Gasteiger partial charge in [0.2, 0.25) is 0 Å². The Morgan fingerprint density at radius 2 is 1.84 bits per heavy atom. The number of hydrogen-bond donors (Lipinski definition) is 2. The van der Waals surface area contributed by atoms with Gasteiger partial charge in [-0.15, -0.1) is 0 Å². The maximum Gasteiger partial charge on any atom is 0.115 e. The lowest BCUT2D eigenvalue weighted by atomic mass is 9.99. The standard InChI is InChI=1S/C15H13ClN2O/c16-13-4-2-1-3-12(13)15-9-14(17-18-15)10-5-7-11(19)8-6-10/h1-8,15,18-19H,9H2. The zero-order chi connectivity index (χ0) is 13.2. The van der Waals surface area contributed by atoms with Crippen molar-refractivity contribution in [2.75, 3.05) is 0 Å². The molecule has 96 valence electrons. The maximum absolute atomic E-state index is 9.29. The summed E-state index contributed by atoms with van der Waals surface area (Å²) in [5, 5.41) is 14.4. The van der Waals surface area contributed by atoms with Gasteiger partial charge < -0.3 is 10.5 Å². The van der Waals surface area contributed by atoms with Gasteiger partial charge in [0.15, 0.2) is 0 Å². The lowest BCUT2D eigenvalue weighted by Gasteiger charge is -2.11. The highest BCUT2D eigenvalue weighted by Crippen LogP contribution is 2.29. The van der Waals surface area contributed by atoms with Crippen LogP contribution in [0.25, 0.3) is 0 Å². The fourth-order valence-corrected chi connectivity index (χ4v) is 2.48. The number of aromatic hydroxyl groups is 1. The van der Waals surface area contributed by atoms with E-state index in [9.17, 15) is 5.11 Å². The second-order valence-corrected chi connectivity index (χ2v) is 4.92. The van der Waals surface area contributed by atoms with Crippen LogP contribution in [0.4, 0.5) is 0 Å². The molecule has 1 aliphatic heterocycles. The van der Waals surface area contributed by atoms with Crippen LogP contribution in [0, 0.1) is 0 Å². The first-order valence-electron chi connectivity index (χ1n) is 6.10. The molecular formula is C15H13ClN2O. The molecule has 0 amide bonds. The van der Waals surface area contributed by atoms with E-state index in [0.29, 0.717) is 0 Å². The smallest absolute Gasteiger partial charge is 0.115 e. The summed E-state index contributed by atoms with van der Waals surface area (Å²) in [4.78, 5) is 0. The molecule has 2 aromatic carbocycles. The highest BCUT2D eigenvalue weighted by Gasteiger charge is 2.22. The lowest BCUT2D eigenvalue weighted by Crippen LogP contribution is -2.10. The van der Waals surface area contributed by atoms with Crippen molar-refractivity contribution in [1.29, 1.82) is 0 Å². The van der Waals surface area contributed by atoms with Gasteiger partial charge in [-0.1, -0.05) is 29.8 Å². The van der Waals surface area contributed by atoms with Crippen LogP contribution in [0.5, 0.6) is 5.75 Å². The summed E-state index contributed by atoms with van der Waals surface area (Å²) < 4.78 is 0. The number of phenols is 1. The molecule has 0 radical (unpaired) electrons. The van der Waals surface area contributed by atoms with E-state index in [4.69, 9.17) is 11.6 Å². The molecule has 4 heteroatoms. The normalized spacial score (nSPS) is 17.9. The number of hydrogen-bond acceptors (Lipinski definition) is 3. The molecule has 0 bridgehead atoms. The average Bonchev–Trinajstić information content (AvgIpc) is 2.89. The Balaban J connectivity index is 1.80. The fraction of sp³-hybridized carbons (Fsp3) is 0.133. The summed E-state index contributed by atoms with van der Waals surface area (Å²) in [6.45, 7) is 0. The predicted molar refractivity (Wildman–Crippen MR) is 76.6 cm³/mol. The van der Waals surface area contributed by atoms with E-state index in [-0.39, 0.29) is 11.8 Å². The molecule has 1 unspecified atom stereocenters. The van der Waals surface area contributed by atoms with E-state index in [1.807, 2.05) is 36.4 Å². The first kappa shape index (κ1) is 12.1. The van der Waals surface area contributed by atoms with Crippen molar-refractivity contribution in [3.05, 3.63) is 64.7 Å². The van der Waals surface area contributed by atoms with Gasteiger partial charge in [0.25, 0.3) is 0 Å². The van der Waals surface area contributed by atoms with Gasteiger partial charge in [0.05, 0.1) is 11.8 Å². The van der Waals surface area contributed by atoms with E-state index in [2.05, 4.69) is 10.5 Å². The number of hydrazone groups is 1. The van der Waals surface area contributed by atoms with Crippen LogP contribution >= 0.6 is 11.6 Å². The van der Waals surface area contributed by atoms with Crippen LogP contribution < -0.4 is 5.43 Å². The molecule has 19 heavy (non-hydrogen) atoms. The highest BCUT2D eigenvalue weighted by atomic mass is 35.5. The molecule has 2 N–H and O–H groups in total. The molecule has 0 spiro atoms. The van der Waals surface area contributed by atoms with E-state index in [0.717, 1.165) is 28.3 Å². The molecule has 1 heterocycles. The van der Waals surface area contributed by atoms with Gasteiger partial charge in [-0.2, -0.15) is 5.10 Å². The van der Waals surface area contributed by atoms with Crippen LogP contribution in [0.15, 0.2) is 53.6 Å². The zero-order valence-corrected chi connectivity index (χ0v) is 10.9. The predicted octanol–water partition coefficient (Wildman–Crippen LogP) is 3.48. The van der Waals surface area contributed by atoms with Crippen LogP contribution in [-0.4, -0.2) is 10.8 Å². The first-order chi connectivity index (χ1) is 9.24. The van der Waals surface area contributed by atoms with Crippen LogP contribution in [0.3, 0.4) is 0 Å². The largest absolute Gasteiger partial charge is 0.508 e. The molecule has 3 rings (SSSR count). The maximum atomic E-state index is 9.29. The minimum Gasteiger partial charge on any atom is -0.508 e. The molecule has 0 fully saturated rings. The number of nitrogens with one attached hydrogen (secondary N) is 1. The summed E-state index contributed by atoms with van der Waals surface area (Å²) in [5.41, 5.74) is 6.17. The zero-order valence-electron chi connectivity index (χ0n) is 10.2. The Labute approximate surface area is 116 Å². The van der Waals surface area contributed by atoms with Crippen molar-refractivity contribution in [2.45, 2.75) is 12.5 Å². The summed E-state index contributed by atoms with van der Waals surface area (Å²) in [7, 11) is 0.